The fraction of sp³-hybridized carbons (Fsp3) is 0.360. The first-order valence-electron chi connectivity index (χ1n) is 11.4. The van der Waals surface area contributed by atoms with E-state index in [2.05, 4.69) is 21.8 Å². The summed E-state index contributed by atoms with van der Waals surface area (Å²) in [6.45, 7) is 4.80. The van der Waals surface area contributed by atoms with Crippen LogP contribution in [0.5, 0.6) is 11.5 Å². The van der Waals surface area contributed by atoms with Crippen LogP contribution in [0.15, 0.2) is 47.1 Å². The van der Waals surface area contributed by atoms with Crippen molar-refractivity contribution in [3.8, 4) is 11.5 Å². The third-order valence-corrected chi connectivity index (χ3v) is 6.76. The lowest BCUT2D eigenvalue weighted by molar-refractivity contribution is 0.0658. The Morgan fingerprint density at radius 3 is 2.60 bits per heavy atom. The van der Waals surface area contributed by atoms with Crippen LogP contribution in [-0.2, 0) is 19.6 Å². The zero-order valence-corrected chi connectivity index (χ0v) is 20.9. The zero-order valence-electron chi connectivity index (χ0n) is 19.4. The van der Waals surface area contributed by atoms with Gasteiger partial charge in [-0.2, -0.15) is 0 Å². The molecule has 2 aromatic carbocycles. The molecule has 0 aliphatic carbocycles. The first-order chi connectivity index (χ1) is 16.9. The Morgan fingerprint density at radius 1 is 1.00 bits per heavy atom. The molecule has 0 bridgehead atoms. The molecule has 2 aliphatic heterocycles. The molecule has 184 valence electrons. The normalized spacial score (nSPS) is 15.7. The molecule has 0 N–H and O–H groups in total. The van der Waals surface area contributed by atoms with Gasteiger partial charge >= 0.3 is 0 Å². The predicted octanol–water partition coefficient (Wildman–Crippen LogP) is 4.30. The van der Waals surface area contributed by atoms with Crippen LogP contribution in [0.4, 0.5) is 0 Å². The topological polar surface area (TPSA) is 71.3 Å². The molecule has 1 amide bonds. The molecular formula is C25H26Cl2N4O4. The van der Waals surface area contributed by atoms with E-state index < -0.39 is 0 Å². The van der Waals surface area contributed by atoms with Crippen LogP contribution in [0, 0.1) is 0 Å². The molecule has 10 heteroatoms. The first-order valence-corrected chi connectivity index (χ1v) is 12.2. The Kier molecular flexibility index (Phi) is 7.15. The summed E-state index contributed by atoms with van der Waals surface area (Å²) >= 11 is 12.5. The summed E-state index contributed by atoms with van der Waals surface area (Å²) in [4.78, 5) is 23.6. The maximum Gasteiger partial charge on any atom is 0.275 e. The van der Waals surface area contributed by atoms with Gasteiger partial charge in [0.15, 0.2) is 17.2 Å². The second-order valence-electron chi connectivity index (χ2n) is 8.79. The number of carbonyl (C=O) groups excluding carboxylic acids is 1. The fourth-order valence-corrected chi connectivity index (χ4v) is 4.67. The van der Waals surface area contributed by atoms with Crippen LogP contribution < -0.4 is 9.47 Å². The molecular weight excluding hydrogens is 491 g/mol. The molecule has 35 heavy (non-hydrogen) atoms. The van der Waals surface area contributed by atoms with Crippen molar-refractivity contribution in [3.63, 3.8) is 0 Å². The molecule has 8 nitrogen and oxygen atoms in total. The van der Waals surface area contributed by atoms with E-state index in [0.717, 1.165) is 35.7 Å². The van der Waals surface area contributed by atoms with Crippen LogP contribution in [0.1, 0.15) is 27.5 Å². The standard InChI is InChI=1S/C25H26Cl2N4O4/c1-29-6-8-31(9-7-29)25(32)21-15-33-24(28-21)14-30(13-18-3-4-19(26)11-20(18)27)12-17-2-5-22-23(10-17)35-16-34-22/h2-5,10-11,15H,6-9,12-14,16H2,1H3. The van der Waals surface area contributed by atoms with Crippen molar-refractivity contribution in [1.29, 1.82) is 0 Å². The van der Waals surface area contributed by atoms with Crippen LogP contribution in [0.2, 0.25) is 10.0 Å². The number of carbonyl (C=O) groups is 1. The van der Waals surface area contributed by atoms with Gasteiger partial charge in [-0.3, -0.25) is 9.69 Å². The molecule has 1 aromatic heterocycles. The average Bonchev–Trinajstić information content (AvgIpc) is 3.50. The molecule has 3 aromatic rings. The van der Waals surface area contributed by atoms with Crippen molar-refractivity contribution in [3.05, 3.63) is 75.4 Å². The quantitative estimate of drug-likeness (QED) is 0.463. The summed E-state index contributed by atoms with van der Waals surface area (Å²) in [6.07, 6.45) is 1.45. The van der Waals surface area contributed by atoms with Gasteiger partial charge in [0.1, 0.15) is 6.26 Å². The van der Waals surface area contributed by atoms with Gasteiger partial charge in [0.2, 0.25) is 12.7 Å². The van der Waals surface area contributed by atoms with Gasteiger partial charge in [-0.05, 0) is 42.4 Å². The van der Waals surface area contributed by atoms with Gasteiger partial charge < -0.3 is 23.7 Å². The number of rotatable bonds is 7. The van der Waals surface area contributed by atoms with Crippen LogP contribution in [0.3, 0.4) is 0 Å². The van der Waals surface area contributed by atoms with Crippen LogP contribution >= 0.6 is 23.2 Å². The number of hydrogen-bond acceptors (Lipinski definition) is 7. The number of aromatic nitrogens is 1. The molecule has 0 radical (unpaired) electrons. The SMILES string of the molecule is CN1CCN(C(=O)c2coc(CN(Cc3ccc4c(c3)OCO4)Cc3ccc(Cl)cc3Cl)n2)CC1. The largest absolute Gasteiger partial charge is 0.454 e. The third kappa shape index (κ3) is 5.73. The smallest absolute Gasteiger partial charge is 0.275 e. The minimum Gasteiger partial charge on any atom is -0.454 e. The highest BCUT2D eigenvalue weighted by atomic mass is 35.5. The molecule has 5 rings (SSSR count). The average molecular weight is 517 g/mol. The lowest BCUT2D eigenvalue weighted by atomic mass is 10.1. The second-order valence-corrected chi connectivity index (χ2v) is 9.63. The van der Waals surface area contributed by atoms with E-state index in [1.165, 1.54) is 6.26 Å². The number of hydrogen-bond donors (Lipinski definition) is 0. The Bertz CT molecular complexity index is 1210. The molecule has 0 spiro atoms. The summed E-state index contributed by atoms with van der Waals surface area (Å²) < 4.78 is 16.7. The maximum atomic E-state index is 12.9. The Labute approximate surface area is 213 Å². The Morgan fingerprint density at radius 2 is 1.80 bits per heavy atom. The summed E-state index contributed by atoms with van der Waals surface area (Å²) in [6, 6.07) is 11.3. The van der Waals surface area contributed by atoms with E-state index in [9.17, 15) is 4.79 Å². The maximum absolute atomic E-state index is 12.9. The number of halogens is 2. The van der Waals surface area contributed by atoms with Gasteiger partial charge in [-0.1, -0.05) is 35.3 Å². The van der Waals surface area contributed by atoms with Gasteiger partial charge in [0.05, 0.1) is 6.54 Å². The number of likely N-dealkylation sites (N-methyl/N-ethyl adjacent to an activating group) is 1. The number of nitrogens with zero attached hydrogens (tertiary/aromatic N) is 4. The van der Waals surface area contributed by atoms with Gasteiger partial charge in [-0.25, -0.2) is 4.98 Å². The van der Waals surface area contributed by atoms with E-state index in [1.807, 2.05) is 35.2 Å². The predicted molar refractivity (Wildman–Crippen MR) is 132 cm³/mol. The van der Waals surface area contributed by atoms with Gasteiger partial charge in [0, 0.05) is 49.3 Å². The summed E-state index contributed by atoms with van der Waals surface area (Å²) in [5.41, 5.74) is 2.30. The first kappa shape index (κ1) is 23.9. The fourth-order valence-electron chi connectivity index (χ4n) is 4.20. The van der Waals surface area contributed by atoms with E-state index >= 15 is 0 Å². The molecule has 1 fully saturated rings. The minimum absolute atomic E-state index is 0.101. The monoisotopic (exact) mass is 516 g/mol. The minimum atomic E-state index is -0.101. The van der Waals surface area contributed by atoms with Crippen molar-refractivity contribution < 1.29 is 18.7 Å². The molecule has 0 atom stereocenters. The number of amides is 1. The lowest BCUT2D eigenvalue weighted by Crippen LogP contribution is -2.47. The van der Waals surface area contributed by atoms with Crippen molar-refractivity contribution in [1.82, 2.24) is 19.7 Å². The Hall–Kier alpha value is -2.78. The number of ether oxygens (including phenoxy) is 2. The number of piperazine rings is 1. The molecule has 2 aliphatic rings. The lowest BCUT2D eigenvalue weighted by Gasteiger charge is -2.31. The summed E-state index contributed by atoms with van der Waals surface area (Å²) in [7, 11) is 2.05. The van der Waals surface area contributed by atoms with Crippen molar-refractivity contribution in [2.75, 3.05) is 40.0 Å². The molecule has 0 unspecified atom stereocenters. The van der Waals surface area contributed by atoms with E-state index in [1.54, 1.807) is 6.07 Å². The summed E-state index contributed by atoms with van der Waals surface area (Å²) in [5.74, 6) is 1.83. The third-order valence-electron chi connectivity index (χ3n) is 6.17. The summed E-state index contributed by atoms with van der Waals surface area (Å²) in [5, 5.41) is 1.17. The molecule has 3 heterocycles. The van der Waals surface area contributed by atoms with E-state index in [-0.39, 0.29) is 12.7 Å². The van der Waals surface area contributed by atoms with E-state index in [4.69, 9.17) is 37.1 Å². The number of oxazole rings is 1. The van der Waals surface area contributed by atoms with Crippen LogP contribution in [0.25, 0.3) is 0 Å². The van der Waals surface area contributed by atoms with Crippen molar-refractivity contribution in [2.45, 2.75) is 19.6 Å². The highest BCUT2D eigenvalue weighted by Gasteiger charge is 2.24. The second kappa shape index (κ2) is 10.5. The Balaban J connectivity index is 1.33. The van der Waals surface area contributed by atoms with Crippen molar-refractivity contribution in [2.24, 2.45) is 0 Å². The van der Waals surface area contributed by atoms with Crippen molar-refractivity contribution >= 4 is 29.1 Å². The van der Waals surface area contributed by atoms with Crippen LogP contribution in [-0.4, -0.2) is 65.6 Å². The number of fused-ring (bicyclic) bond motifs is 1. The highest BCUT2D eigenvalue weighted by Crippen LogP contribution is 2.33. The number of benzene rings is 2. The highest BCUT2D eigenvalue weighted by molar-refractivity contribution is 6.35. The van der Waals surface area contributed by atoms with Gasteiger partial charge in [-0.15, -0.1) is 0 Å². The molecule has 1 saturated heterocycles. The van der Waals surface area contributed by atoms with Gasteiger partial charge in [0.25, 0.3) is 5.91 Å². The van der Waals surface area contributed by atoms with E-state index in [0.29, 0.717) is 54.4 Å². The zero-order chi connectivity index (χ0) is 24.4. The molecule has 0 saturated carbocycles.